The molecule has 2 aromatic rings. The van der Waals surface area contributed by atoms with Crippen LogP contribution in [0.2, 0.25) is 0 Å². The molecule has 0 aliphatic heterocycles. The molecule has 0 aliphatic rings. The Morgan fingerprint density at radius 3 is 2.65 bits per heavy atom. The highest BCUT2D eigenvalue weighted by Gasteiger charge is 2.07. The van der Waals surface area contributed by atoms with Crippen molar-refractivity contribution < 1.29 is 0 Å². The molecule has 0 radical (unpaired) electrons. The SMILES string of the molecule is CCC(C)n1ccc(Cn2nc(C)cc2C)n1. The maximum atomic E-state index is 4.58. The van der Waals surface area contributed by atoms with Crippen LogP contribution in [-0.2, 0) is 6.54 Å². The van der Waals surface area contributed by atoms with E-state index in [1.807, 2.05) is 16.3 Å². The van der Waals surface area contributed by atoms with Gasteiger partial charge in [0.05, 0.1) is 17.9 Å². The molecule has 0 bridgehead atoms. The van der Waals surface area contributed by atoms with Crippen molar-refractivity contribution in [3.05, 3.63) is 35.4 Å². The minimum Gasteiger partial charge on any atom is -0.270 e. The second-order valence-corrected chi connectivity index (χ2v) is 4.63. The van der Waals surface area contributed by atoms with Crippen LogP contribution in [0.15, 0.2) is 18.3 Å². The number of hydrogen-bond acceptors (Lipinski definition) is 2. The van der Waals surface area contributed by atoms with Gasteiger partial charge in [0.15, 0.2) is 0 Å². The van der Waals surface area contributed by atoms with E-state index < -0.39 is 0 Å². The largest absolute Gasteiger partial charge is 0.270 e. The van der Waals surface area contributed by atoms with Crippen LogP contribution in [0.4, 0.5) is 0 Å². The Labute approximate surface area is 102 Å². The Balaban J connectivity index is 2.14. The summed E-state index contributed by atoms with van der Waals surface area (Å²) in [6, 6.07) is 4.62. The fourth-order valence-corrected chi connectivity index (χ4v) is 1.88. The standard InChI is InChI=1S/C13H20N4/c1-5-11(3)16-7-6-13(15-16)9-17-12(4)8-10(2)14-17/h6-8,11H,5,9H2,1-4H3. The van der Waals surface area contributed by atoms with Gasteiger partial charge in [0.25, 0.3) is 0 Å². The van der Waals surface area contributed by atoms with Crippen LogP contribution >= 0.6 is 0 Å². The van der Waals surface area contributed by atoms with Crippen molar-refractivity contribution in [2.45, 2.75) is 46.7 Å². The molecule has 0 N–H and O–H groups in total. The molecule has 17 heavy (non-hydrogen) atoms. The summed E-state index contributed by atoms with van der Waals surface area (Å²) >= 11 is 0. The van der Waals surface area contributed by atoms with Crippen molar-refractivity contribution in [1.29, 1.82) is 0 Å². The first-order chi connectivity index (χ1) is 8.10. The van der Waals surface area contributed by atoms with E-state index in [0.717, 1.165) is 24.4 Å². The Morgan fingerprint density at radius 1 is 1.29 bits per heavy atom. The topological polar surface area (TPSA) is 35.6 Å². The lowest BCUT2D eigenvalue weighted by Gasteiger charge is -2.08. The van der Waals surface area contributed by atoms with Gasteiger partial charge in [0.2, 0.25) is 0 Å². The third-order valence-electron chi connectivity index (χ3n) is 3.12. The Kier molecular flexibility index (Phi) is 3.31. The van der Waals surface area contributed by atoms with Gasteiger partial charge in [-0.2, -0.15) is 10.2 Å². The molecule has 2 rings (SSSR count). The summed E-state index contributed by atoms with van der Waals surface area (Å²) in [6.07, 6.45) is 3.15. The van der Waals surface area contributed by atoms with Gasteiger partial charge in [-0.15, -0.1) is 0 Å². The smallest absolute Gasteiger partial charge is 0.0852 e. The van der Waals surface area contributed by atoms with Gasteiger partial charge in [-0.1, -0.05) is 6.92 Å². The molecule has 2 heterocycles. The first kappa shape index (κ1) is 11.9. The maximum absolute atomic E-state index is 4.58. The highest BCUT2D eigenvalue weighted by Crippen LogP contribution is 2.11. The van der Waals surface area contributed by atoms with Gasteiger partial charge in [-0.05, 0) is 39.3 Å². The molecule has 0 spiro atoms. The van der Waals surface area contributed by atoms with Crippen molar-refractivity contribution in [2.24, 2.45) is 0 Å². The minimum atomic E-state index is 0.462. The molecule has 4 heteroatoms. The lowest BCUT2D eigenvalue weighted by Crippen LogP contribution is -2.08. The summed E-state index contributed by atoms with van der Waals surface area (Å²) in [6.45, 7) is 9.20. The van der Waals surface area contributed by atoms with E-state index >= 15 is 0 Å². The van der Waals surface area contributed by atoms with Crippen molar-refractivity contribution in [2.75, 3.05) is 0 Å². The number of rotatable bonds is 4. The lowest BCUT2D eigenvalue weighted by atomic mass is 10.3. The van der Waals surface area contributed by atoms with E-state index in [1.54, 1.807) is 0 Å². The van der Waals surface area contributed by atoms with Crippen molar-refractivity contribution in [1.82, 2.24) is 19.6 Å². The summed E-state index contributed by atoms with van der Waals surface area (Å²) in [7, 11) is 0. The molecule has 92 valence electrons. The van der Waals surface area contributed by atoms with Crippen molar-refractivity contribution in [3.63, 3.8) is 0 Å². The fraction of sp³-hybridized carbons (Fsp3) is 0.538. The highest BCUT2D eigenvalue weighted by atomic mass is 15.3. The van der Waals surface area contributed by atoms with Crippen LogP contribution < -0.4 is 0 Å². The molecule has 0 saturated heterocycles. The molecule has 0 aliphatic carbocycles. The van der Waals surface area contributed by atoms with Crippen LogP contribution in [0.1, 0.15) is 43.4 Å². The van der Waals surface area contributed by atoms with Gasteiger partial charge in [0.1, 0.15) is 0 Å². The van der Waals surface area contributed by atoms with Crippen molar-refractivity contribution in [3.8, 4) is 0 Å². The summed E-state index contributed by atoms with van der Waals surface area (Å²) in [4.78, 5) is 0. The highest BCUT2D eigenvalue weighted by molar-refractivity contribution is 5.09. The molecule has 2 aromatic heterocycles. The second-order valence-electron chi connectivity index (χ2n) is 4.63. The maximum Gasteiger partial charge on any atom is 0.0852 e. The van der Waals surface area contributed by atoms with Gasteiger partial charge < -0.3 is 0 Å². The molecule has 0 amide bonds. The molecule has 0 saturated carbocycles. The van der Waals surface area contributed by atoms with E-state index in [9.17, 15) is 0 Å². The predicted molar refractivity (Wildman–Crippen MR) is 68.0 cm³/mol. The quantitative estimate of drug-likeness (QED) is 0.812. The molecular formula is C13H20N4. The van der Waals surface area contributed by atoms with E-state index in [1.165, 1.54) is 5.69 Å². The fourth-order valence-electron chi connectivity index (χ4n) is 1.88. The van der Waals surface area contributed by atoms with Crippen LogP contribution in [0, 0.1) is 13.8 Å². The zero-order valence-corrected chi connectivity index (χ0v) is 11.0. The first-order valence-corrected chi connectivity index (χ1v) is 6.15. The van der Waals surface area contributed by atoms with E-state index in [2.05, 4.69) is 49.3 Å². The van der Waals surface area contributed by atoms with E-state index in [4.69, 9.17) is 0 Å². The van der Waals surface area contributed by atoms with Gasteiger partial charge in [0, 0.05) is 17.9 Å². The molecule has 1 unspecified atom stereocenters. The van der Waals surface area contributed by atoms with Crippen LogP contribution in [0.5, 0.6) is 0 Å². The average molecular weight is 232 g/mol. The monoisotopic (exact) mass is 232 g/mol. The Hall–Kier alpha value is -1.58. The summed E-state index contributed by atoms with van der Waals surface area (Å²) in [5.41, 5.74) is 3.31. The van der Waals surface area contributed by atoms with Gasteiger partial charge in [-0.25, -0.2) is 0 Å². The predicted octanol–water partition coefficient (Wildman–Crippen LogP) is 2.72. The second kappa shape index (κ2) is 4.73. The summed E-state index contributed by atoms with van der Waals surface area (Å²) < 4.78 is 4.03. The lowest BCUT2D eigenvalue weighted by molar-refractivity contribution is 0.470. The summed E-state index contributed by atoms with van der Waals surface area (Å²) in [5, 5.41) is 9.03. The van der Waals surface area contributed by atoms with Gasteiger partial charge >= 0.3 is 0 Å². The molecule has 0 aromatic carbocycles. The Bertz CT molecular complexity index is 495. The number of aromatic nitrogens is 4. The number of aryl methyl sites for hydroxylation is 2. The zero-order chi connectivity index (χ0) is 12.4. The van der Waals surface area contributed by atoms with Crippen LogP contribution in [0.3, 0.4) is 0 Å². The minimum absolute atomic E-state index is 0.462. The van der Waals surface area contributed by atoms with E-state index in [0.29, 0.717) is 6.04 Å². The first-order valence-electron chi connectivity index (χ1n) is 6.15. The van der Waals surface area contributed by atoms with Crippen LogP contribution in [0.25, 0.3) is 0 Å². The molecule has 0 fully saturated rings. The third kappa shape index (κ3) is 2.57. The number of hydrogen-bond donors (Lipinski definition) is 0. The molecule has 1 atom stereocenters. The van der Waals surface area contributed by atoms with Gasteiger partial charge in [-0.3, -0.25) is 9.36 Å². The van der Waals surface area contributed by atoms with Crippen LogP contribution in [-0.4, -0.2) is 19.6 Å². The molecular weight excluding hydrogens is 212 g/mol. The zero-order valence-electron chi connectivity index (χ0n) is 11.0. The average Bonchev–Trinajstić information content (AvgIpc) is 2.86. The summed E-state index contributed by atoms with van der Waals surface area (Å²) in [5.74, 6) is 0. The third-order valence-corrected chi connectivity index (χ3v) is 3.12. The number of nitrogens with zero attached hydrogens (tertiary/aromatic N) is 4. The molecule has 4 nitrogen and oxygen atoms in total. The Morgan fingerprint density at radius 2 is 2.06 bits per heavy atom. The normalized spacial score (nSPS) is 12.9. The van der Waals surface area contributed by atoms with Crippen molar-refractivity contribution >= 4 is 0 Å². The van der Waals surface area contributed by atoms with E-state index in [-0.39, 0.29) is 0 Å².